The summed E-state index contributed by atoms with van der Waals surface area (Å²) in [7, 11) is 0. The minimum absolute atomic E-state index is 0.132. The Balaban J connectivity index is 1.37. The Hall–Kier alpha value is -1.87. The van der Waals surface area contributed by atoms with Gasteiger partial charge in [0, 0.05) is 37.6 Å². The fourth-order valence-corrected chi connectivity index (χ4v) is 4.46. The molecule has 2 bridgehead atoms. The lowest BCUT2D eigenvalue weighted by atomic mass is 9.94. The van der Waals surface area contributed by atoms with Crippen molar-refractivity contribution in [1.29, 1.82) is 0 Å². The van der Waals surface area contributed by atoms with Crippen molar-refractivity contribution in [3.05, 3.63) is 22.4 Å². The van der Waals surface area contributed by atoms with Crippen molar-refractivity contribution in [2.24, 2.45) is 5.92 Å². The highest BCUT2D eigenvalue weighted by atomic mass is 32.1. The molecule has 0 spiro atoms. The lowest BCUT2D eigenvalue weighted by Crippen LogP contribution is -2.47. The molecule has 0 aromatic carbocycles. The average molecular weight is 361 g/mol. The molecule has 3 aliphatic heterocycles. The first-order valence-electron chi connectivity index (χ1n) is 8.83. The van der Waals surface area contributed by atoms with E-state index in [1.54, 1.807) is 11.3 Å². The van der Waals surface area contributed by atoms with Gasteiger partial charge < -0.3 is 9.80 Å². The highest BCUT2D eigenvalue weighted by Crippen LogP contribution is 2.30. The van der Waals surface area contributed by atoms with Gasteiger partial charge in [0.25, 0.3) is 0 Å². The normalized spacial score (nSPS) is 24.0. The van der Waals surface area contributed by atoms with Gasteiger partial charge in [0.15, 0.2) is 0 Å². The van der Waals surface area contributed by atoms with Gasteiger partial charge in [-0.15, -0.1) is 16.4 Å². The second-order valence-corrected chi connectivity index (χ2v) is 7.66. The first-order valence-corrected chi connectivity index (χ1v) is 9.77. The zero-order valence-electron chi connectivity index (χ0n) is 14.4. The molecule has 134 valence electrons. The molecule has 2 atom stereocenters. The maximum atomic E-state index is 12.8. The van der Waals surface area contributed by atoms with Crippen molar-refractivity contribution in [3.8, 4) is 0 Å². The minimum Gasteiger partial charge on any atom is -0.332 e. The topological polar surface area (TPSA) is 80.0 Å². The van der Waals surface area contributed by atoms with E-state index in [0.717, 1.165) is 57.0 Å². The zero-order chi connectivity index (χ0) is 17.2. The van der Waals surface area contributed by atoms with Crippen LogP contribution in [0.5, 0.6) is 0 Å². The fourth-order valence-electron chi connectivity index (χ4n) is 3.91. The molecule has 9 heteroatoms. The van der Waals surface area contributed by atoms with Crippen LogP contribution in [-0.2, 0) is 17.9 Å². The van der Waals surface area contributed by atoms with E-state index in [2.05, 4.69) is 30.3 Å². The predicted molar refractivity (Wildman–Crippen MR) is 92.8 cm³/mol. The molecule has 5 heterocycles. The van der Waals surface area contributed by atoms with Gasteiger partial charge in [-0.2, -0.15) is 0 Å². The molecule has 5 rings (SSSR count). The molecule has 0 N–H and O–H groups in total. The molecule has 0 saturated carbocycles. The highest BCUT2D eigenvalue weighted by Gasteiger charge is 2.40. The van der Waals surface area contributed by atoms with Gasteiger partial charge in [0.2, 0.25) is 5.91 Å². The molecule has 3 fully saturated rings. The Bertz CT molecular complexity index is 716. The van der Waals surface area contributed by atoms with Crippen LogP contribution < -0.4 is 0 Å². The summed E-state index contributed by atoms with van der Waals surface area (Å²) in [6.45, 7) is 6.20. The number of hydrogen-bond donors (Lipinski definition) is 0. The number of carbonyl (C=O) groups is 1. The number of fused-ring (bicyclic) bond motifs is 4. The number of amides is 1. The number of carbonyl (C=O) groups excluding carboxylic acids is 1. The molecule has 0 aliphatic carbocycles. The van der Waals surface area contributed by atoms with Crippen LogP contribution >= 0.6 is 11.3 Å². The monoisotopic (exact) mass is 361 g/mol. The molecule has 3 aliphatic rings. The molecule has 2 aromatic rings. The van der Waals surface area contributed by atoms with Crippen molar-refractivity contribution < 1.29 is 4.79 Å². The predicted octanol–water partition coefficient (Wildman–Crippen LogP) is 0.951. The molecule has 0 unspecified atom stereocenters. The average Bonchev–Trinajstić information content (AvgIpc) is 3.18. The van der Waals surface area contributed by atoms with Gasteiger partial charge in [-0.3, -0.25) is 4.79 Å². The number of aryl methyl sites for hydroxylation is 2. The molecule has 1 amide bonds. The number of rotatable bonds is 6. The molecule has 3 saturated heterocycles. The van der Waals surface area contributed by atoms with Crippen molar-refractivity contribution in [1.82, 2.24) is 35.0 Å². The number of hydrogen-bond acceptors (Lipinski definition) is 7. The highest BCUT2D eigenvalue weighted by molar-refractivity contribution is 7.07. The zero-order valence-corrected chi connectivity index (χ0v) is 15.2. The lowest BCUT2D eigenvalue weighted by Gasteiger charge is -2.35. The van der Waals surface area contributed by atoms with Crippen molar-refractivity contribution in [2.45, 2.75) is 45.3 Å². The number of nitrogens with zero attached hydrogens (tertiary/aromatic N) is 7. The van der Waals surface area contributed by atoms with Crippen LogP contribution in [0.15, 0.2) is 10.9 Å². The number of tetrazole rings is 1. The van der Waals surface area contributed by atoms with Crippen molar-refractivity contribution in [3.63, 3.8) is 0 Å². The second kappa shape index (κ2) is 7.17. The summed E-state index contributed by atoms with van der Waals surface area (Å²) in [5.41, 5.74) is 2.84. The summed E-state index contributed by atoms with van der Waals surface area (Å²) in [4.78, 5) is 21.7. The smallest absolute Gasteiger partial charge is 0.227 e. The van der Waals surface area contributed by atoms with Gasteiger partial charge in [-0.1, -0.05) is 0 Å². The van der Waals surface area contributed by atoms with E-state index in [1.807, 2.05) is 22.5 Å². The van der Waals surface area contributed by atoms with Crippen molar-refractivity contribution >= 4 is 17.2 Å². The summed E-state index contributed by atoms with van der Waals surface area (Å²) in [6.07, 6.45) is 3.11. The Labute approximate surface area is 150 Å². The van der Waals surface area contributed by atoms with Gasteiger partial charge in [-0.25, -0.2) is 9.67 Å². The van der Waals surface area contributed by atoms with E-state index < -0.39 is 0 Å². The van der Waals surface area contributed by atoms with Crippen LogP contribution in [0.1, 0.15) is 30.8 Å². The summed E-state index contributed by atoms with van der Waals surface area (Å²) >= 11 is 1.59. The van der Waals surface area contributed by atoms with Crippen molar-refractivity contribution in [2.75, 3.05) is 19.6 Å². The van der Waals surface area contributed by atoms with E-state index >= 15 is 0 Å². The first kappa shape index (κ1) is 16.6. The van der Waals surface area contributed by atoms with Crippen LogP contribution in [0.2, 0.25) is 0 Å². The minimum atomic E-state index is 0.132. The van der Waals surface area contributed by atoms with Crippen LogP contribution in [0, 0.1) is 12.8 Å². The number of piperidine rings is 1. The van der Waals surface area contributed by atoms with E-state index in [9.17, 15) is 4.79 Å². The second-order valence-electron chi connectivity index (χ2n) is 6.94. The van der Waals surface area contributed by atoms with Gasteiger partial charge in [0.05, 0.1) is 23.7 Å². The number of thiazole rings is 1. The molecular formula is C16H23N7OS. The van der Waals surface area contributed by atoms with Crippen LogP contribution in [0.25, 0.3) is 0 Å². The third-order valence-electron chi connectivity index (χ3n) is 5.24. The molecule has 0 radical (unpaired) electrons. The third-order valence-corrected chi connectivity index (χ3v) is 5.88. The van der Waals surface area contributed by atoms with Gasteiger partial charge in [0.1, 0.15) is 5.82 Å². The molecular weight excluding hydrogens is 338 g/mol. The Morgan fingerprint density at radius 2 is 2.20 bits per heavy atom. The Kier molecular flexibility index (Phi) is 4.76. The van der Waals surface area contributed by atoms with Crippen LogP contribution in [0.3, 0.4) is 0 Å². The summed E-state index contributed by atoms with van der Waals surface area (Å²) in [5.74, 6) is 1.29. The SMILES string of the molecule is Cc1nnnn1CCCN1C[C@@H]2CC[C@H](C1)N(Cc1cscn1)C2=O. The van der Waals surface area contributed by atoms with Crippen LogP contribution in [-0.4, -0.2) is 66.6 Å². The van der Waals surface area contributed by atoms with Gasteiger partial charge >= 0.3 is 0 Å². The Morgan fingerprint density at radius 1 is 1.28 bits per heavy atom. The molecule has 25 heavy (non-hydrogen) atoms. The first-order chi connectivity index (χ1) is 12.2. The summed E-state index contributed by atoms with van der Waals surface area (Å²) in [5, 5.41) is 13.6. The lowest BCUT2D eigenvalue weighted by molar-refractivity contribution is -0.140. The standard InChI is InChI=1S/C16H23N7OS/c1-12-18-19-20-23(12)6-2-5-21-7-13-3-4-15(9-21)22(16(13)24)8-14-10-25-11-17-14/h10-11,13,15H,2-9H2,1H3/t13-,15+/m0/s1. The molecule has 8 nitrogen and oxygen atoms in total. The third kappa shape index (κ3) is 3.57. The van der Waals surface area contributed by atoms with E-state index in [1.165, 1.54) is 0 Å². The van der Waals surface area contributed by atoms with Gasteiger partial charge in [-0.05, 0) is 36.6 Å². The van der Waals surface area contributed by atoms with E-state index in [4.69, 9.17) is 0 Å². The Morgan fingerprint density at radius 3 is 2.96 bits per heavy atom. The number of aromatic nitrogens is 5. The van der Waals surface area contributed by atoms with E-state index in [-0.39, 0.29) is 5.92 Å². The quantitative estimate of drug-likeness (QED) is 0.762. The molecule has 2 aromatic heterocycles. The largest absolute Gasteiger partial charge is 0.332 e. The summed E-state index contributed by atoms with van der Waals surface area (Å²) < 4.78 is 1.84. The fraction of sp³-hybridized carbons (Fsp3) is 0.688. The maximum Gasteiger partial charge on any atom is 0.227 e. The van der Waals surface area contributed by atoms with Crippen LogP contribution in [0.4, 0.5) is 0 Å². The summed E-state index contributed by atoms with van der Waals surface area (Å²) in [6, 6.07) is 0.308. The van der Waals surface area contributed by atoms with E-state index in [0.29, 0.717) is 18.5 Å². The maximum absolute atomic E-state index is 12.8.